The predicted octanol–water partition coefficient (Wildman–Crippen LogP) is 4.34. The van der Waals surface area contributed by atoms with Gasteiger partial charge in [-0.25, -0.2) is 9.37 Å². The summed E-state index contributed by atoms with van der Waals surface area (Å²) < 4.78 is 21.1. The van der Waals surface area contributed by atoms with Crippen LogP contribution in [0.5, 0.6) is 0 Å². The Morgan fingerprint density at radius 1 is 1.38 bits per heavy atom. The van der Waals surface area contributed by atoms with Crippen molar-refractivity contribution in [1.29, 1.82) is 0 Å². The molecular formula is C15H18BrFN2OS. The molecule has 0 amide bonds. The SMILES string of the molecule is COCCn1c(SCc2ccc(F)c(Br)c2)nc(C)c1C. The molecule has 2 aromatic rings. The highest BCUT2D eigenvalue weighted by atomic mass is 79.9. The average molecular weight is 373 g/mol. The van der Waals surface area contributed by atoms with Crippen LogP contribution in [0.2, 0.25) is 0 Å². The molecule has 0 fully saturated rings. The van der Waals surface area contributed by atoms with E-state index in [0.29, 0.717) is 11.1 Å². The topological polar surface area (TPSA) is 27.1 Å². The average Bonchev–Trinajstić information content (AvgIpc) is 2.73. The molecule has 6 heteroatoms. The van der Waals surface area contributed by atoms with Gasteiger partial charge < -0.3 is 9.30 Å². The maximum Gasteiger partial charge on any atom is 0.168 e. The molecule has 114 valence electrons. The summed E-state index contributed by atoms with van der Waals surface area (Å²) in [5.74, 6) is 0.513. The molecule has 0 saturated heterocycles. The molecule has 1 aromatic carbocycles. The first-order chi connectivity index (χ1) is 10.0. The number of methoxy groups -OCH3 is 1. The van der Waals surface area contributed by atoms with Crippen molar-refractivity contribution in [3.05, 3.63) is 45.4 Å². The maximum absolute atomic E-state index is 13.2. The van der Waals surface area contributed by atoms with Crippen molar-refractivity contribution in [3.63, 3.8) is 0 Å². The number of imidazole rings is 1. The molecule has 0 N–H and O–H groups in total. The third kappa shape index (κ3) is 4.08. The first-order valence-corrected chi connectivity index (χ1v) is 8.40. The molecule has 0 bridgehead atoms. The molecule has 0 aliphatic carbocycles. The molecule has 3 nitrogen and oxygen atoms in total. The fraction of sp³-hybridized carbons (Fsp3) is 0.400. The van der Waals surface area contributed by atoms with E-state index in [1.807, 2.05) is 13.0 Å². The molecule has 0 radical (unpaired) electrons. The lowest BCUT2D eigenvalue weighted by molar-refractivity contribution is 0.184. The van der Waals surface area contributed by atoms with E-state index in [-0.39, 0.29) is 5.82 Å². The van der Waals surface area contributed by atoms with Crippen molar-refractivity contribution in [3.8, 4) is 0 Å². The number of nitrogens with zero attached hydrogens (tertiary/aromatic N) is 2. The van der Waals surface area contributed by atoms with E-state index in [2.05, 4.69) is 32.4 Å². The Balaban J connectivity index is 2.11. The molecular weight excluding hydrogens is 355 g/mol. The summed E-state index contributed by atoms with van der Waals surface area (Å²) in [5.41, 5.74) is 3.26. The molecule has 0 aliphatic heterocycles. The molecule has 2 rings (SSSR count). The lowest BCUT2D eigenvalue weighted by Crippen LogP contribution is -2.07. The number of aromatic nitrogens is 2. The third-order valence-electron chi connectivity index (χ3n) is 3.29. The number of halogens is 2. The number of hydrogen-bond acceptors (Lipinski definition) is 3. The van der Waals surface area contributed by atoms with Crippen LogP contribution in [0.3, 0.4) is 0 Å². The predicted molar refractivity (Wildman–Crippen MR) is 87.2 cm³/mol. The Morgan fingerprint density at radius 3 is 2.81 bits per heavy atom. The summed E-state index contributed by atoms with van der Waals surface area (Å²) in [4.78, 5) is 4.60. The van der Waals surface area contributed by atoms with Crippen LogP contribution >= 0.6 is 27.7 Å². The molecule has 0 atom stereocenters. The summed E-state index contributed by atoms with van der Waals surface area (Å²) >= 11 is 4.87. The van der Waals surface area contributed by atoms with Crippen LogP contribution < -0.4 is 0 Å². The van der Waals surface area contributed by atoms with Crippen molar-refractivity contribution in [2.24, 2.45) is 0 Å². The van der Waals surface area contributed by atoms with E-state index in [0.717, 1.165) is 34.4 Å². The number of ether oxygens (including phenoxy) is 1. The number of aryl methyl sites for hydroxylation is 1. The quantitative estimate of drug-likeness (QED) is 0.705. The number of rotatable bonds is 6. The second-order valence-electron chi connectivity index (χ2n) is 4.75. The monoisotopic (exact) mass is 372 g/mol. The Kier molecular flexibility index (Phi) is 5.84. The molecule has 21 heavy (non-hydrogen) atoms. The van der Waals surface area contributed by atoms with E-state index in [1.54, 1.807) is 24.9 Å². The standard InChI is InChI=1S/C15H18BrFN2OS/c1-10-11(2)19(6-7-20-3)15(18-10)21-9-12-4-5-14(17)13(16)8-12/h4-5,8H,6-7,9H2,1-3H3. The van der Waals surface area contributed by atoms with Crippen molar-refractivity contribution in [1.82, 2.24) is 9.55 Å². The molecule has 1 heterocycles. The molecule has 1 aromatic heterocycles. The first-order valence-electron chi connectivity index (χ1n) is 6.62. The van der Waals surface area contributed by atoms with E-state index in [1.165, 1.54) is 6.07 Å². The summed E-state index contributed by atoms with van der Waals surface area (Å²) in [6.45, 7) is 5.53. The van der Waals surface area contributed by atoms with Crippen molar-refractivity contribution >= 4 is 27.7 Å². The van der Waals surface area contributed by atoms with E-state index in [9.17, 15) is 4.39 Å². The zero-order valence-electron chi connectivity index (χ0n) is 12.3. The van der Waals surface area contributed by atoms with Gasteiger partial charge in [0.25, 0.3) is 0 Å². The molecule has 0 aliphatic rings. The summed E-state index contributed by atoms with van der Waals surface area (Å²) in [6, 6.07) is 5.09. The highest BCUT2D eigenvalue weighted by Crippen LogP contribution is 2.26. The van der Waals surface area contributed by atoms with Crippen LogP contribution in [0.25, 0.3) is 0 Å². The normalized spacial score (nSPS) is 11.1. The number of benzene rings is 1. The lowest BCUT2D eigenvalue weighted by atomic mass is 10.2. The first kappa shape index (κ1) is 16.5. The molecule has 0 spiro atoms. The minimum atomic E-state index is -0.239. The second kappa shape index (κ2) is 7.42. The van der Waals surface area contributed by atoms with Gasteiger partial charge in [-0.1, -0.05) is 17.8 Å². The fourth-order valence-corrected chi connectivity index (χ4v) is 3.44. The minimum Gasteiger partial charge on any atom is -0.383 e. The van der Waals surface area contributed by atoms with Crippen LogP contribution in [-0.4, -0.2) is 23.3 Å². The zero-order valence-corrected chi connectivity index (χ0v) is 14.7. The van der Waals surface area contributed by atoms with E-state index in [4.69, 9.17) is 4.74 Å². The van der Waals surface area contributed by atoms with Gasteiger partial charge in [-0.3, -0.25) is 0 Å². The van der Waals surface area contributed by atoms with Crippen molar-refractivity contribution in [2.45, 2.75) is 31.3 Å². The van der Waals surface area contributed by atoms with Gasteiger partial charge in [-0.15, -0.1) is 0 Å². The summed E-state index contributed by atoms with van der Waals surface area (Å²) in [6.07, 6.45) is 0. The van der Waals surface area contributed by atoms with Gasteiger partial charge in [-0.2, -0.15) is 0 Å². The van der Waals surface area contributed by atoms with Crippen LogP contribution in [0.1, 0.15) is 17.0 Å². The zero-order chi connectivity index (χ0) is 15.4. The highest BCUT2D eigenvalue weighted by Gasteiger charge is 2.12. The Hall–Kier alpha value is -0.850. The van der Waals surface area contributed by atoms with Crippen LogP contribution in [0.4, 0.5) is 4.39 Å². The summed E-state index contributed by atoms with van der Waals surface area (Å²) in [5, 5.41) is 0.975. The third-order valence-corrected chi connectivity index (χ3v) is 4.95. The highest BCUT2D eigenvalue weighted by molar-refractivity contribution is 9.10. The Bertz CT molecular complexity index is 630. The van der Waals surface area contributed by atoms with E-state index < -0.39 is 0 Å². The van der Waals surface area contributed by atoms with Crippen LogP contribution in [0, 0.1) is 19.7 Å². The Labute approximate surface area is 137 Å². The Morgan fingerprint density at radius 2 is 2.14 bits per heavy atom. The largest absolute Gasteiger partial charge is 0.383 e. The van der Waals surface area contributed by atoms with Gasteiger partial charge in [0.05, 0.1) is 16.8 Å². The lowest BCUT2D eigenvalue weighted by Gasteiger charge is -2.09. The molecule has 0 unspecified atom stereocenters. The molecule has 0 saturated carbocycles. The number of thioether (sulfide) groups is 1. The summed E-state index contributed by atoms with van der Waals surface area (Å²) in [7, 11) is 1.70. The minimum absolute atomic E-state index is 0.239. The second-order valence-corrected chi connectivity index (χ2v) is 6.54. The van der Waals surface area contributed by atoms with Gasteiger partial charge in [-0.05, 0) is 47.5 Å². The van der Waals surface area contributed by atoms with Gasteiger partial charge in [0.15, 0.2) is 5.16 Å². The van der Waals surface area contributed by atoms with Gasteiger partial charge in [0.2, 0.25) is 0 Å². The number of hydrogen-bond donors (Lipinski definition) is 0. The fourth-order valence-electron chi connectivity index (χ4n) is 1.96. The smallest absolute Gasteiger partial charge is 0.168 e. The maximum atomic E-state index is 13.2. The van der Waals surface area contributed by atoms with Gasteiger partial charge in [0.1, 0.15) is 5.82 Å². The van der Waals surface area contributed by atoms with E-state index >= 15 is 0 Å². The van der Waals surface area contributed by atoms with Crippen LogP contribution in [0.15, 0.2) is 27.8 Å². The van der Waals surface area contributed by atoms with Gasteiger partial charge in [0, 0.05) is 25.1 Å². The van der Waals surface area contributed by atoms with Crippen molar-refractivity contribution < 1.29 is 9.13 Å². The van der Waals surface area contributed by atoms with Crippen LogP contribution in [-0.2, 0) is 17.0 Å². The van der Waals surface area contributed by atoms with Crippen molar-refractivity contribution in [2.75, 3.05) is 13.7 Å². The van der Waals surface area contributed by atoms with Gasteiger partial charge >= 0.3 is 0 Å².